The van der Waals surface area contributed by atoms with Gasteiger partial charge < -0.3 is 5.11 Å². The van der Waals surface area contributed by atoms with Crippen LogP contribution in [-0.2, 0) is 0 Å². The Balaban J connectivity index is 2.52. The highest BCUT2D eigenvalue weighted by molar-refractivity contribution is 7.11. The molecule has 66 valence electrons. The van der Waals surface area contributed by atoms with Crippen LogP contribution in [0.5, 0.6) is 0 Å². The number of imidazole rings is 1. The minimum atomic E-state index is -1.08. The van der Waals surface area contributed by atoms with Gasteiger partial charge in [0.25, 0.3) is 0 Å². The monoisotopic (exact) mass is 196 g/mol. The third-order valence-electron chi connectivity index (χ3n) is 1.39. The van der Waals surface area contributed by atoms with Crippen LogP contribution < -0.4 is 0 Å². The van der Waals surface area contributed by atoms with Crippen molar-refractivity contribution in [3.05, 3.63) is 23.7 Å². The predicted molar refractivity (Wildman–Crippen MR) is 44.0 cm³/mol. The standard InChI is InChI=1S/C6H4N4O2S/c11-5(12)4-7-1-2-10(4)6-9-8-3-13-6/h1-3H,(H,11,12). The van der Waals surface area contributed by atoms with Crippen molar-refractivity contribution in [2.75, 3.05) is 0 Å². The summed E-state index contributed by atoms with van der Waals surface area (Å²) < 4.78 is 1.38. The van der Waals surface area contributed by atoms with Crippen molar-refractivity contribution in [2.45, 2.75) is 0 Å². The third kappa shape index (κ3) is 1.29. The summed E-state index contributed by atoms with van der Waals surface area (Å²) in [6, 6.07) is 0. The zero-order valence-corrected chi connectivity index (χ0v) is 7.10. The van der Waals surface area contributed by atoms with Gasteiger partial charge >= 0.3 is 5.97 Å². The smallest absolute Gasteiger partial charge is 0.372 e. The molecule has 0 saturated carbocycles. The molecule has 0 unspecified atom stereocenters. The van der Waals surface area contributed by atoms with E-state index in [-0.39, 0.29) is 5.82 Å². The number of aromatic nitrogens is 4. The highest BCUT2D eigenvalue weighted by atomic mass is 32.1. The number of carboxylic acids is 1. The molecule has 0 radical (unpaired) electrons. The minimum Gasteiger partial charge on any atom is -0.475 e. The first-order valence-electron chi connectivity index (χ1n) is 3.32. The van der Waals surface area contributed by atoms with Gasteiger partial charge in [-0.1, -0.05) is 11.3 Å². The number of carboxylic acid groups (broad SMARTS) is 1. The largest absolute Gasteiger partial charge is 0.475 e. The summed E-state index contributed by atoms with van der Waals surface area (Å²) in [5.74, 6) is -1.14. The van der Waals surface area contributed by atoms with Crippen molar-refractivity contribution in [1.29, 1.82) is 0 Å². The Morgan fingerprint density at radius 2 is 2.46 bits per heavy atom. The summed E-state index contributed by atoms with van der Waals surface area (Å²) in [6.45, 7) is 0. The van der Waals surface area contributed by atoms with Gasteiger partial charge in [0.2, 0.25) is 11.0 Å². The fourth-order valence-corrected chi connectivity index (χ4v) is 1.43. The highest BCUT2D eigenvalue weighted by Crippen LogP contribution is 2.11. The molecule has 7 heteroatoms. The number of nitrogens with zero attached hydrogens (tertiary/aromatic N) is 4. The molecule has 6 nitrogen and oxygen atoms in total. The van der Waals surface area contributed by atoms with Gasteiger partial charge in [-0.25, -0.2) is 9.78 Å². The summed E-state index contributed by atoms with van der Waals surface area (Å²) in [5, 5.41) is 16.6. The van der Waals surface area contributed by atoms with E-state index in [4.69, 9.17) is 5.11 Å². The molecule has 0 aliphatic rings. The lowest BCUT2D eigenvalue weighted by molar-refractivity contribution is 0.0681. The normalized spacial score (nSPS) is 10.2. The van der Waals surface area contributed by atoms with E-state index in [0.29, 0.717) is 5.13 Å². The zero-order chi connectivity index (χ0) is 9.26. The lowest BCUT2D eigenvalue weighted by atomic mass is 10.6. The van der Waals surface area contributed by atoms with Crippen molar-refractivity contribution >= 4 is 17.3 Å². The summed E-state index contributed by atoms with van der Waals surface area (Å²) >= 11 is 1.25. The van der Waals surface area contributed by atoms with Gasteiger partial charge in [-0.05, 0) is 0 Å². The second-order valence-corrected chi connectivity index (χ2v) is 2.96. The van der Waals surface area contributed by atoms with Gasteiger partial charge in [0.15, 0.2) is 0 Å². The van der Waals surface area contributed by atoms with Crippen LogP contribution in [0.3, 0.4) is 0 Å². The molecule has 0 bridgehead atoms. The molecule has 0 saturated heterocycles. The Labute approximate surface area is 76.5 Å². The van der Waals surface area contributed by atoms with Gasteiger partial charge in [-0.2, -0.15) is 0 Å². The average Bonchev–Trinajstić information content (AvgIpc) is 2.74. The van der Waals surface area contributed by atoms with Crippen LogP contribution in [0.15, 0.2) is 17.9 Å². The zero-order valence-electron chi connectivity index (χ0n) is 6.28. The van der Waals surface area contributed by atoms with Crippen molar-refractivity contribution in [3.63, 3.8) is 0 Å². The number of rotatable bonds is 2. The highest BCUT2D eigenvalue weighted by Gasteiger charge is 2.13. The number of hydrogen-bond acceptors (Lipinski definition) is 5. The lowest BCUT2D eigenvalue weighted by Gasteiger charge is -1.96. The maximum Gasteiger partial charge on any atom is 0.372 e. The molecular weight excluding hydrogens is 192 g/mol. The molecule has 0 aliphatic carbocycles. The van der Waals surface area contributed by atoms with Crippen LogP contribution >= 0.6 is 11.3 Å². The van der Waals surface area contributed by atoms with E-state index in [0.717, 1.165) is 0 Å². The van der Waals surface area contributed by atoms with E-state index < -0.39 is 5.97 Å². The molecule has 2 aromatic rings. The number of hydrogen-bond donors (Lipinski definition) is 1. The topological polar surface area (TPSA) is 80.9 Å². The lowest BCUT2D eigenvalue weighted by Crippen LogP contribution is -2.07. The first-order chi connectivity index (χ1) is 6.29. The van der Waals surface area contributed by atoms with Gasteiger partial charge in [0, 0.05) is 12.4 Å². The molecule has 2 aromatic heterocycles. The second-order valence-electron chi connectivity index (χ2n) is 2.15. The Hall–Kier alpha value is -1.76. The minimum absolute atomic E-state index is 0.0586. The van der Waals surface area contributed by atoms with E-state index in [1.807, 2.05) is 0 Å². The maximum absolute atomic E-state index is 10.7. The quantitative estimate of drug-likeness (QED) is 0.752. The molecule has 2 rings (SSSR count). The molecule has 2 heterocycles. The molecular formula is C6H4N4O2S. The second kappa shape index (κ2) is 2.94. The van der Waals surface area contributed by atoms with Gasteiger partial charge in [0.05, 0.1) is 0 Å². The van der Waals surface area contributed by atoms with Crippen LogP contribution in [0.4, 0.5) is 0 Å². The molecule has 1 N–H and O–H groups in total. The Morgan fingerprint density at radius 3 is 3.08 bits per heavy atom. The fraction of sp³-hybridized carbons (Fsp3) is 0. The Bertz CT molecular complexity index is 422. The average molecular weight is 196 g/mol. The van der Waals surface area contributed by atoms with Gasteiger partial charge in [-0.15, -0.1) is 10.2 Å². The van der Waals surface area contributed by atoms with Crippen molar-refractivity contribution in [2.24, 2.45) is 0 Å². The summed E-state index contributed by atoms with van der Waals surface area (Å²) in [5.41, 5.74) is 1.53. The van der Waals surface area contributed by atoms with Gasteiger partial charge in [0.1, 0.15) is 5.51 Å². The first-order valence-corrected chi connectivity index (χ1v) is 4.20. The Morgan fingerprint density at radius 1 is 1.62 bits per heavy atom. The van der Waals surface area contributed by atoms with E-state index in [2.05, 4.69) is 15.2 Å². The van der Waals surface area contributed by atoms with Crippen LogP contribution in [0.2, 0.25) is 0 Å². The molecule has 0 fully saturated rings. The Kier molecular flexibility index (Phi) is 1.78. The van der Waals surface area contributed by atoms with Crippen LogP contribution in [0.1, 0.15) is 10.6 Å². The van der Waals surface area contributed by atoms with E-state index >= 15 is 0 Å². The summed E-state index contributed by atoms with van der Waals surface area (Å²) in [6.07, 6.45) is 2.94. The fourth-order valence-electron chi connectivity index (χ4n) is 0.888. The summed E-state index contributed by atoms with van der Waals surface area (Å²) in [4.78, 5) is 14.3. The van der Waals surface area contributed by atoms with Gasteiger partial charge in [-0.3, -0.25) is 4.57 Å². The summed E-state index contributed by atoms with van der Waals surface area (Å²) in [7, 11) is 0. The number of aromatic carboxylic acids is 1. The first kappa shape index (κ1) is 7.87. The van der Waals surface area contributed by atoms with E-state index in [9.17, 15) is 4.79 Å². The molecule has 0 aromatic carbocycles. The van der Waals surface area contributed by atoms with Crippen LogP contribution in [0, 0.1) is 0 Å². The predicted octanol–water partition coefficient (Wildman–Crippen LogP) is 0.422. The van der Waals surface area contributed by atoms with E-state index in [1.165, 1.54) is 33.8 Å². The van der Waals surface area contributed by atoms with Crippen molar-refractivity contribution in [1.82, 2.24) is 19.7 Å². The molecule has 0 spiro atoms. The third-order valence-corrected chi connectivity index (χ3v) is 2.08. The van der Waals surface area contributed by atoms with Crippen LogP contribution in [-0.4, -0.2) is 30.8 Å². The maximum atomic E-state index is 10.7. The number of carbonyl (C=O) groups is 1. The molecule has 0 atom stereocenters. The van der Waals surface area contributed by atoms with E-state index in [1.54, 1.807) is 0 Å². The molecule has 0 aliphatic heterocycles. The molecule has 0 amide bonds. The van der Waals surface area contributed by atoms with Crippen LogP contribution in [0.25, 0.3) is 5.13 Å². The SMILES string of the molecule is O=C(O)c1nccn1-c1nncs1. The van der Waals surface area contributed by atoms with Crippen molar-refractivity contribution < 1.29 is 9.90 Å². The molecule has 13 heavy (non-hydrogen) atoms. The van der Waals surface area contributed by atoms with Crippen molar-refractivity contribution in [3.8, 4) is 5.13 Å².